The van der Waals surface area contributed by atoms with Crippen LogP contribution in [-0.4, -0.2) is 92.5 Å². The molecule has 0 radical (unpaired) electrons. The van der Waals surface area contributed by atoms with Gasteiger partial charge >= 0.3 is 0 Å². The number of unbranched alkanes of at least 4 members (excludes halogenated alkanes) is 1. The molecule has 4 aliphatic heterocycles. The summed E-state index contributed by atoms with van der Waals surface area (Å²) in [7, 11) is 0. The molecule has 43 heavy (non-hydrogen) atoms. The molecule has 0 aromatic carbocycles. The monoisotopic (exact) mass is 594 g/mol. The molecule has 0 saturated heterocycles. The van der Waals surface area contributed by atoms with E-state index >= 15 is 0 Å². The molecule has 2 atom stereocenters. The number of hydrogen-bond acceptors (Lipinski definition) is 8. The summed E-state index contributed by atoms with van der Waals surface area (Å²) < 4.78 is 0. The molecule has 0 aromatic heterocycles. The van der Waals surface area contributed by atoms with Crippen LogP contribution >= 0.6 is 0 Å². The van der Waals surface area contributed by atoms with E-state index in [4.69, 9.17) is 0 Å². The van der Waals surface area contributed by atoms with Gasteiger partial charge in [-0.05, 0) is 50.4 Å². The zero-order valence-corrected chi connectivity index (χ0v) is 25.0. The number of hydrogen-bond donors (Lipinski definition) is 0. The summed E-state index contributed by atoms with van der Waals surface area (Å²) in [6.07, 6.45) is 13.7. The number of imide groups is 4. The normalized spacial score (nSPS) is 19.5. The van der Waals surface area contributed by atoms with Gasteiger partial charge in [0.15, 0.2) is 0 Å². The van der Waals surface area contributed by atoms with E-state index < -0.39 is 0 Å². The summed E-state index contributed by atoms with van der Waals surface area (Å²) in [5.41, 5.74) is -0.228. The number of carbonyl (C=O) groups excluding carboxylic acids is 8. The van der Waals surface area contributed by atoms with E-state index in [-0.39, 0.29) is 64.6 Å². The number of amides is 8. The summed E-state index contributed by atoms with van der Waals surface area (Å²) >= 11 is 0. The Kier molecular flexibility index (Phi) is 10.8. The van der Waals surface area contributed by atoms with Crippen molar-refractivity contribution in [3.05, 3.63) is 48.6 Å². The molecule has 0 aromatic rings. The number of nitrogens with zero attached hydrogens (tertiary/aromatic N) is 4. The molecule has 4 rings (SSSR count). The molecule has 0 N–H and O–H groups in total. The van der Waals surface area contributed by atoms with Crippen molar-refractivity contribution < 1.29 is 38.4 Å². The molecular formula is C31H38N4O8. The van der Waals surface area contributed by atoms with Crippen molar-refractivity contribution >= 4 is 47.3 Å². The van der Waals surface area contributed by atoms with Crippen LogP contribution in [0, 0.1) is 11.3 Å². The maximum absolute atomic E-state index is 11.6. The van der Waals surface area contributed by atoms with Gasteiger partial charge in [-0.1, -0.05) is 20.8 Å². The first-order chi connectivity index (χ1) is 20.2. The van der Waals surface area contributed by atoms with Crippen LogP contribution in [0.5, 0.6) is 0 Å². The lowest BCUT2D eigenvalue weighted by Crippen LogP contribution is -2.39. The molecule has 8 amide bonds. The molecule has 230 valence electrons. The summed E-state index contributed by atoms with van der Waals surface area (Å²) in [5.74, 6) is -1.93. The number of rotatable bonds is 13. The Morgan fingerprint density at radius 2 is 0.930 bits per heavy atom. The molecule has 4 heterocycles. The molecule has 4 aliphatic rings. The Morgan fingerprint density at radius 3 is 1.40 bits per heavy atom. The van der Waals surface area contributed by atoms with E-state index in [2.05, 4.69) is 0 Å². The first kappa shape index (κ1) is 33.0. The van der Waals surface area contributed by atoms with Crippen LogP contribution < -0.4 is 0 Å². The Morgan fingerprint density at radius 1 is 0.535 bits per heavy atom. The maximum Gasteiger partial charge on any atom is 0.253 e. The first-order valence-corrected chi connectivity index (χ1v) is 14.4. The van der Waals surface area contributed by atoms with Crippen molar-refractivity contribution in [2.24, 2.45) is 11.3 Å². The summed E-state index contributed by atoms with van der Waals surface area (Å²) in [6.45, 7) is 9.02. The molecule has 0 spiro atoms. The third-order valence-electron chi connectivity index (χ3n) is 7.57. The van der Waals surface area contributed by atoms with Crippen LogP contribution in [0.1, 0.15) is 59.8 Å². The molecule has 0 aliphatic carbocycles. The standard InChI is InChI=1S/C17H22N2O4.C14H16N2O4/c1-12(8-9-18-13(20)4-5-14(18)21)10-17(2,3)11-19-15(22)6-7-16(19)23;1-10(16-13(19)7-8-14(16)20)4-2-3-9-15-11(17)5-6-12(15)18/h4-7,12H,8-11H2,1-3H3;5-8,10H,2-4,9H2,1H3. The molecule has 12 heteroatoms. The summed E-state index contributed by atoms with van der Waals surface area (Å²) in [5, 5.41) is 0. The summed E-state index contributed by atoms with van der Waals surface area (Å²) in [4.78, 5) is 96.8. The van der Waals surface area contributed by atoms with Gasteiger partial charge in [-0.2, -0.15) is 0 Å². The van der Waals surface area contributed by atoms with Crippen molar-refractivity contribution in [2.45, 2.75) is 65.8 Å². The van der Waals surface area contributed by atoms with Crippen molar-refractivity contribution in [2.75, 3.05) is 19.6 Å². The quantitative estimate of drug-likeness (QED) is 0.231. The fraction of sp³-hybridized carbons (Fsp3) is 0.484. The van der Waals surface area contributed by atoms with Gasteiger partial charge in [0.1, 0.15) is 0 Å². The highest BCUT2D eigenvalue weighted by Gasteiger charge is 2.32. The second-order valence-corrected chi connectivity index (χ2v) is 11.9. The van der Waals surface area contributed by atoms with Gasteiger partial charge in [0.05, 0.1) is 0 Å². The van der Waals surface area contributed by atoms with E-state index in [1.54, 1.807) is 0 Å². The van der Waals surface area contributed by atoms with Gasteiger partial charge in [-0.3, -0.25) is 58.0 Å². The second-order valence-electron chi connectivity index (χ2n) is 11.9. The molecule has 0 saturated carbocycles. The van der Waals surface area contributed by atoms with Gasteiger partial charge in [0, 0.05) is 74.3 Å². The highest BCUT2D eigenvalue weighted by molar-refractivity contribution is 6.14. The van der Waals surface area contributed by atoms with E-state index in [1.165, 1.54) is 68.2 Å². The van der Waals surface area contributed by atoms with E-state index in [1.807, 2.05) is 27.7 Å². The van der Waals surface area contributed by atoms with Crippen LogP contribution in [-0.2, 0) is 38.4 Å². The lowest BCUT2D eigenvalue weighted by molar-refractivity contribution is -0.140. The summed E-state index contributed by atoms with van der Waals surface area (Å²) in [6, 6.07) is -0.173. The van der Waals surface area contributed by atoms with Gasteiger partial charge in [-0.15, -0.1) is 0 Å². The Balaban J connectivity index is 0.000000238. The SMILES string of the molecule is CC(CCCCN1C(=O)C=CC1=O)N1C(=O)C=CC1=O.CC(CCN1C(=O)C=CC1=O)CC(C)(C)CN1C(=O)C=CC1=O. The fourth-order valence-corrected chi connectivity index (χ4v) is 5.46. The minimum absolute atomic E-state index is 0.173. The average Bonchev–Trinajstić information content (AvgIpc) is 3.64. The minimum atomic E-state index is -0.281. The van der Waals surface area contributed by atoms with Crippen LogP contribution in [0.2, 0.25) is 0 Å². The van der Waals surface area contributed by atoms with Crippen LogP contribution in [0.15, 0.2) is 48.6 Å². The highest BCUT2D eigenvalue weighted by atomic mass is 16.2. The topological polar surface area (TPSA) is 150 Å². The smallest absolute Gasteiger partial charge is 0.253 e. The Hall–Kier alpha value is -4.48. The fourth-order valence-electron chi connectivity index (χ4n) is 5.46. The van der Waals surface area contributed by atoms with Crippen LogP contribution in [0.3, 0.4) is 0 Å². The third-order valence-corrected chi connectivity index (χ3v) is 7.57. The predicted octanol–water partition coefficient (Wildman–Crippen LogP) is 1.67. The maximum atomic E-state index is 11.6. The van der Waals surface area contributed by atoms with E-state index in [9.17, 15) is 38.4 Å². The zero-order chi connectivity index (χ0) is 31.9. The van der Waals surface area contributed by atoms with Gasteiger partial charge < -0.3 is 0 Å². The molecule has 12 nitrogen and oxygen atoms in total. The van der Waals surface area contributed by atoms with Crippen molar-refractivity contribution in [1.29, 1.82) is 0 Å². The Bertz CT molecular complexity index is 1250. The van der Waals surface area contributed by atoms with Crippen LogP contribution in [0.4, 0.5) is 0 Å². The first-order valence-electron chi connectivity index (χ1n) is 14.4. The van der Waals surface area contributed by atoms with Crippen LogP contribution in [0.25, 0.3) is 0 Å². The highest BCUT2D eigenvalue weighted by Crippen LogP contribution is 2.29. The molecule has 2 unspecified atom stereocenters. The largest absolute Gasteiger partial charge is 0.275 e. The lowest BCUT2D eigenvalue weighted by Gasteiger charge is -2.32. The Labute approximate surface area is 250 Å². The number of carbonyl (C=O) groups is 8. The third kappa shape index (κ3) is 8.76. The molecule has 0 bridgehead atoms. The molecular weight excluding hydrogens is 556 g/mol. The van der Waals surface area contributed by atoms with Gasteiger partial charge in [0.25, 0.3) is 47.3 Å². The van der Waals surface area contributed by atoms with Crippen molar-refractivity contribution in [3.8, 4) is 0 Å². The van der Waals surface area contributed by atoms with Gasteiger partial charge in [-0.25, -0.2) is 0 Å². The van der Waals surface area contributed by atoms with E-state index in [0.717, 1.165) is 12.8 Å². The zero-order valence-electron chi connectivity index (χ0n) is 25.0. The van der Waals surface area contributed by atoms with Crippen molar-refractivity contribution in [1.82, 2.24) is 19.6 Å². The van der Waals surface area contributed by atoms with Gasteiger partial charge in [0.2, 0.25) is 0 Å². The van der Waals surface area contributed by atoms with E-state index in [0.29, 0.717) is 38.9 Å². The average molecular weight is 595 g/mol. The minimum Gasteiger partial charge on any atom is -0.275 e. The second kappa shape index (κ2) is 14.1. The predicted molar refractivity (Wildman–Crippen MR) is 154 cm³/mol. The lowest BCUT2D eigenvalue weighted by atomic mass is 9.81. The van der Waals surface area contributed by atoms with Crippen molar-refractivity contribution in [3.63, 3.8) is 0 Å². The molecule has 0 fully saturated rings.